The van der Waals surface area contributed by atoms with Crippen LogP contribution in [0.15, 0.2) is 84.0 Å². The zero-order valence-corrected chi connectivity index (χ0v) is 19.0. The summed E-state index contributed by atoms with van der Waals surface area (Å²) in [7, 11) is 0. The summed E-state index contributed by atoms with van der Waals surface area (Å²) < 4.78 is 0. The van der Waals surface area contributed by atoms with Gasteiger partial charge < -0.3 is 0 Å². The number of benzene rings is 3. The van der Waals surface area contributed by atoms with Gasteiger partial charge in [-0.3, -0.25) is 15.5 Å². The number of nitro benzene ring substituents is 1. The Bertz CT molecular complexity index is 1330. The molecule has 0 aliphatic rings. The SMILES string of the molecule is Cc1ccc(-c2nc(N/N=C\C=C\c3ccccc3)sc2-c2ccc([N+](=O)[O-])cc2)c(C)c1. The van der Waals surface area contributed by atoms with Gasteiger partial charge >= 0.3 is 0 Å². The molecule has 6 nitrogen and oxygen atoms in total. The lowest BCUT2D eigenvalue weighted by Gasteiger charge is -2.07. The topological polar surface area (TPSA) is 80.4 Å². The van der Waals surface area contributed by atoms with Gasteiger partial charge in [0.25, 0.3) is 5.69 Å². The minimum absolute atomic E-state index is 0.0597. The van der Waals surface area contributed by atoms with Crippen molar-refractivity contribution in [2.24, 2.45) is 5.10 Å². The highest BCUT2D eigenvalue weighted by Gasteiger charge is 2.17. The monoisotopic (exact) mass is 454 g/mol. The number of nitrogens with zero attached hydrogens (tertiary/aromatic N) is 3. The molecule has 1 heterocycles. The molecular weight excluding hydrogens is 432 g/mol. The van der Waals surface area contributed by atoms with Crippen LogP contribution in [0.3, 0.4) is 0 Å². The van der Waals surface area contributed by atoms with E-state index < -0.39 is 4.92 Å². The number of aromatic nitrogens is 1. The summed E-state index contributed by atoms with van der Waals surface area (Å²) in [5.74, 6) is 0. The molecule has 1 N–H and O–H groups in total. The molecule has 0 fully saturated rings. The first kappa shape index (κ1) is 22.1. The molecule has 164 valence electrons. The summed E-state index contributed by atoms with van der Waals surface area (Å²) in [5, 5.41) is 16.0. The predicted molar refractivity (Wildman–Crippen MR) is 137 cm³/mol. The molecule has 3 aromatic carbocycles. The van der Waals surface area contributed by atoms with Crippen LogP contribution < -0.4 is 5.43 Å². The van der Waals surface area contributed by atoms with E-state index >= 15 is 0 Å². The predicted octanol–water partition coefficient (Wildman–Crippen LogP) is 7.11. The molecule has 4 rings (SSSR count). The Hall–Kier alpha value is -4.10. The number of non-ortho nitro benzene ring substituents is 1. The third-order valence-electron chi connectivity index (χ3n) is 5.01. The van der Waals surface area contributed by atoms with Crippen LogP contribution in [0.25, 0.3) is 27.8 Å². The first-order valence-electron chi connectivity index (χ1n) is 10.4. The van der Waals surface area contributed by atoms with Crippen molar-refractivity contribution in [3.8, 4) is 21.7 Å². The first-order chi connectivity index (χ1) is 16.0. The minimum atomic E-state index is -0.397. The Labute approximate surface area is 196 Å². The van der Waals surface area contributed by atoms with Gasteiger partial charge in [0.05, 0.1) is 15.5 Å². The Kier molecular flexibility index (Phi) is 6.71. The summed E-state index contributed by atoms with van der Waals surface area (Å²) in [6, 6.07) is 22.8. The smallest absolute Gasteiger partial charge is 0.258 e. The average Bonchev–Trinajstić information content (AvgIpc) is 3.23. The van der Waals surface area contributed by atoms with E-state index in [1.165, 1.54) is 29.0 Å². The Balaban J connectivity index is 1.64. The number of allylic oxidation sites excluding steroid dienone is 1. The molecule has 4 aromatic rings. The molecule has 0 spiro atoms. The van der Waals surface area contributed by atoms with Crippen LogP contribution in [0.2, 0.25) is 0 Å². The molecule has 0 unspecified atom stereocenters. The summed E-state index contributed by atoms with van der Waals surface area (Å²) in [4.78, 5) is 16.4. The highest BCUT2D eigenvalue weighted by molar-refractivity contribution is 7.19. The van der Waals surface area contributed by atoms with Crippen LogP contribution >= 0.6 is 11.3 Å². The summed E-state index contributed by atoms with van der Waals surface area (Å²) in [6.07, 6.45) is 5.51. The number of rotatable bonds is 7. The standard InChI is InChI=1S/C26H22N4O2S/c1-18-10-15-23(19(2)17-18)24-25(21-11-13-22(14-12-21)30(31)32)33-26(28-24)29-27-16-6-9-20-7-4-3-5-8-20/h3-17H,1-2H3,(H,28,29)/b9-6+,27-16-. The van der Waals surface area contributed by atoms with Crippen molar-refractivity contribution in [2.45, 2.75) is 13.8 Å². The van der Waals surface area contributed by atoms with Crippen molar-refractivity contribution < 1.29 is 4.92 Å². The zero-order valence-electron chi connectivity index (χ0n) is 18.2. The fourth-order valence-electron chi connectivity index (χ4n) is 3.41. The van der Waals surface area contributed by atoms with Crippen molar-refractivity contribution >= 4 is 34.4 Å². The van der Waals surface area contributed by atoms with Gasteiger partial charge in [-0.1, -0.05) is 71.5 Å². The van der Waals surface area contributed by atoms with E-state index in [2.05, 4.69) is 42.6 Å². The lowest BCUT2D eigenvalue weighted by atomic mass is 10.0. The maximum Gasteiger partial charge on any atom is 0.269 e. The normalized spacial score (nSPS) is 11.3. The van der Waals surface area contributed by atoms with Crippen LogP contribution in [0.1, 0.15) is 16.7 Å². The van der Waals surface area contributed by atoms with Gasteiger partial charge in [-0.05, 0) is 48.7 Å². The second kappa shape index (κ2) is 10.0. The minimum Gasteiger partial charge on any atom is -0.258 e. The van der Waals surface area contributed by atoms with Gasteiger partial charge in [-0.15, -0.1) is 0 Å². The lowest BCUT2D eigenvalue weighted by molar-refractivity contribution is -0.384. The Morgan fingerprint density at radius 1 is 1.03 bits per heavy atom. The molecule has 0 atom stereocenters. The van der Waals surface area contributed by atoms with Crippen LogP contribution in [0.5, 0.6) is 0 Å². The maximum absolute atomic E-state index is 11.0. The Morgan fingerprint density at radius 2 is 1.79 bits per heavy atom. The van der Waals surface area contributed by atoms with Crippen molar-refractivity contribution in [1.82, 2.24) is 4.98 Å². The molecule has 1 aromatic heterocycles. The van der Waals surface area contributed by atoms with E-state index in [1.54, 1.807) is 18.3 Å². The van der Waals surface area contributed by atoms with Crippen molar-refractivity contribution in [3.63, 3.8) is 0 Å². The molecule has 0 aliphatic carbocycles. The quantitative estimate of drug-likeness (QED) is 0.183. The van der Waals surface area contributed by atoms with E-state index in [0.717, 1.165) is 32.8 Å². The number of hydrogen-bond acceptors (Lipinski definition) is 6. The van der Waals surface area contributed by atoms with E-state index in [1.807, 2.05) is 42.5 Å². The number of nitrogens with one attached hydrogen (secondary N) is 1. The number of anilines is 1. The van der Waals surface area contributed by atoms with Gasteiger partial charge in [0.2, 0.25) is 5.13 Å². The fourth-order valence-corrected chi connectivity index (χ4v) is 4.35. The maximum atomic E-state index is 11.0. The Morgan fingerprint density at radius 3 is 2.48 bits per heavy atom. The highest BCUT2D eigenvalue weighted by Crippen LogP contribution is 2.40. The third-order valence-corrected chi connectivity index (χ3v) is 6.02. The van der Waals surface area contributed by atoms with Crippen LogP contribution in [0, 0.1) is 24.0 Å². The van der Waals surface area contributed by atoms with Crippen molar-refractivity contribution in [1.29, 1.82) is 0 Å². The largest absolute Gasteiger partial charge is 0.269 e. The number of hydrazone groups is 1. The van der Waals surface area contributed by atoms with Crippen molar-refractivity contribution in [3.05, 3.63) is 106 Å². The second-order valence-electron chi connectivity index (χ2n) is 7.48. The summed E-state index contributed by atoms with van der Waals surface area (Å²) in [6.45, 7) is 4.11. The number of hydrogen-bond donors (Lipinski definition) is 1. The number of aryl methyl sites for hydroxylation is 2. The molecular formula is C26H22N4O2S. The summed E-state index contributed by atoms with van der Waals surface area (Å²) in [5.41, 5.74) is 9.17. The van der Waals surface area contributed by atoms with Gasteiger partial charge in [-0.2, -0.15) is 5.10 Å². The summed E-state index contributed by atoms with van der Waals surface area (Å²) >= 11 is 1.46. The van der Waals surface area contributed by atoms with Crippen LogP contribution in [-0.4, -0.2) is 16.1 Å². The fraction of sp³-hybridized carbons (Fsp3) is 0.0769. The molecule has 0 amide bonds. The highest BCUT2D eigenvalue weighted by atomic mass is 32.1. The zero-order chi connectivity index (χ0) is 23.2. The van der Waals surface area contributed by atoms with Gasteiger partial charge in [0.1, 0.15) is 0 Å². The average molecular weight is 455 g/mol. The first-order valence-corrected chi connectivity index (χ1v) is 11.2. The number of thiazole rings is 1. The van der Waals surface area contributed by atoms with Gasteiger partial charge in [0, 0.05) is 23.9 Å². The van der Waals surface area contributed by atoms with E-state index in [4.69, 9.17) is 4.98 Å². The molecule has 33 heavy (non-hydrogen) atoms. The second-order valence-corrected chi connectivity index (χ2v) is 8.48. The van der Waals surface area contributed by atoms with E-state index in [0.29, 0.717) is 5.13 Å². The molecule has 0 bridgehead atoms. The van der Waals surface area contributed by atoms with Gasteiger partial charge in [-0.25, -0.2) is 4.98 Å². The molecule has 0 radical (unpaired) electrons. The molecule has 0 saturated heterocycles. The van der Waals surface area contributed by atoms with Crippen LogP contribution in [-0.2, 0) is 0 Å². The third kappa shape index (κ3) is 5.39. The molecule has 7 heteroatoms. The molecule has 0 aliphatic heterocycles. The van der Waals surface area contributed by atoms with Crippen LogP contribution in [0.4, 0.5) is 10.8 Å². The number of nitro groups is 1. The lowest BCUT2D eigenvalue weighted by Crippen LogP contribution is -1.90. The van der Waals surface area contributed by atoms with E-state index in [-0.39, 0.29) is 5.69 Å². The van der Waals surface area contributed by atoms with Crippen molar-refractivity contribution in [2.75, 3.05) is 5.43 Å². The molecule has 0 saturated carbocycles. The van der Waals surface area contributed by atoms with E-state index in [9.17, 15) is 10.1 Å². The van der Waals surface area contributed by atoms with Gasteiger partial charge in [0.15, 0.2) is 0 Å².